The van der Waals surface area contributed by atoms with E-state index < -0.39 is 0 Å². The van der Waals surface area contributed by atoms with Crippen LogP contribution in [-0.2, 0) is 0 Å². The van der Waals surface area contributed by atoms with Gasteiger partial charge < -0.3 is 16.3 Å². The molecule has 0 aromatic rings. The lowest BCUT2D eigenvalue weighted by Crippen LogP contribution is -2.37. The second-order valence-electron chi connectivity index (χ2n) is 3.08. The van der Waals surface area contributed by atoms with E-state index in [4.69, 9.17) is 10.9 Å². The van der Waals surface area contributed by atoms with Crippen LogP contribution in [-0.4, -0.2) is 23.1 Å². The van der Waals surface area contributed by atoms with Gasteiger partial charge in [0.05, 0.1) is 6.54 Å². The van der Waals surface area contributed by atoms with Crippen molar-refractivity contribution in [3.05, 3.63) is 0 Å². The maximum atomic E-state index is 8.25. The fourth-order valence-corrected chi connectivity index (χ4v) is 1.12. The fraction of sp³-hybridized carbons (Fsp3) is 0.857. The van der Waals surface area contributed by atoms with Crippen molar-refractivity contribution in [2.24, 2.45) is 10.9 Å². The van der Waals surface area contributed by atoms with E-state index in [-0.39, 0.29) is 5.84 Å². The van der Waals surface area contributed by atoms with Crippen molar-refractivity contribution >= 4 is 5.84 Å². The quantitative estimate of drug-likeness (QED) is 0.237. The molecule has 0 amide bonds. The lowest BCUT2D eigenvalue weighted by atomic mass is 10.2. The molecule has 4 heteroatoms. The highest BCUT2D eigenvalue weighted by molar-refractivity contribution is 5.81. The van der Waals surface area contributed by atoms with Crippen LogP contribution in [0.3, 0.4) is 0 Å². The molecule has 0 unspecified atom stereocenters. The number of hydrogen-bond acceptors (Lipinski definition) is 3. The third kappa shape index (κ3) is 2.08. The van der Waals surface area contributed by atoms with Crippen LogP contribution < -0.4 is 11.1 Å². The van der Waals surface area contributed by atoms with Gasteiger partial charge in [-0.2, -0.15) is 0 Å². The van der Waals surface area contributed by atoms with Gasteiger partial charge in [-0.1, -0.05) is 12.1 Å². The minimum Gasteiger partial charge on any atom is -0.409 e. The molecule has 1 aliphatic carbocycles. The normalized spacial score (nSPS) is 21.7. The van der Waals surface area contributed by atoms with Gasteiger partial charge in [-0.25, -0.2) is 0 Å². The molecule has 1 saturated carbocycles. The number of nitrogens with zero attached hydrogens (tertiary/aromatic N) is 1. The lowest BCUT2D eigenvalue weighted by Gasteiger charge is -2.13. The molecule has 0 aromatic carbocycles. The van der Waals surface area contributed by atoms with Crippen molar-refractivity contribution in [1.29, 1.82) is 0 Å². The Bertz CT molecular complexity index is 163. The molecule has 0 heterocycles. The minimum atomic E-state index is 0.254. The second kappa shape index (κ2) is 3.09. The van der Waals surface area contributed by atoms with Gasteiger partial charge in [-0.15, -0.1) is 0 Å². The number of oxime groups is 1. The molecular formula is C7H15N3O. The summed E-state index contributed by atoms with van der Waals surface area (Å²) in [7, 11) is 0. The highest BCUT2D eigenvalue weighted by atomic mass is 16.4. The summed E-state index contributed by atoms with van der Waals surface area (Å²) in [5.74, 6) is 0.254. The fourth-order valence-electron chi connectivity index (χ4n) is 1.12. The van der Waals surface area contributed by atoms with Crippen LogP contribution in [0.5, 0.6) is 0 Å². The van der Waals surface area contributed by atoms with E-state index in [9.17, 15) is 0 Å². The summed E-state index contributed by atoms with van der Waals surface area (Å²) in [4.78, 5) is 0. The Labute approximate surface area is 66.5 Å². The number of rotatable bonds is 4. The smallest absolute Gasteiger partial charge is 0.153 e. The number of amidine groups is 1. The van der Waals surface area contributed by atoms with E-state index in [0.717, 1.165) is 6.42 Å². The van der Waals surface area contributed by atoms with Crippen molar-refractivity contribution in [2.45, 2.75) is 31.7 Å². The zero-order chi connectivity index (χ0) is 8.32. The van der Waals surface area contributed by atoms with Crippen molar-refractivity contribution < 1.29 is 5.21 Å². The first kappa shape index (κ1) is 8.33. The van der Waals surface area contributed by atoms with Gasteiger partial charge in [0.2, 0.25) is 0 Å². The molecule has 4 nitrogen and oxygen atoms in total. The molecule has 1 fully saturated rings. The molecule has 0 atom stereocenters. The Kier molecular flexibility index (Phi) is 2.34. The molecular weight excluding hydrogens is 142 g/mol. The summed E-state index contributed by atoms with van der Waals surface area (Å²) in [6, 6.07) is 0. The van der Waals surface area contributed by atoms with Gasteiger partial charge in [0.25, 0.3) is 0 Å². The van der Waals surface area contributed by atoms with E-state index in [0.29, 0.717) is 12.1 Å². The van der Waals surface area contributed by atoms with Gasteiger partial charge in [0.15, 0.2) is 5.84 Å². The highest BCUT2D eigenvalue weighted by Crippen LogP contribution is 2.37. The van der Waals surface area contributed by atoms with Gasteiger partial charge in [0.1, 0.15) is 0 Å². The Balaban J connectivity index is 2.22. The van der Waals surface area contributed by atoms with Gasteiger partial charge in [0, 0.05) is 5.54 Å². The molecule has 0 aromatic heterocycles. The SMILES string of the molecule is CCC1(NC/C(N)=N/O)CC1. The average Bonchev–Trinajstić information content (AvgIpc) is 2.81. The summed E-state index contributed by atoms with van der Waals surface area (Å²) in [6.45, 7) is 2.64. The van der Waals surface area contributed by atoms with Crippen molar-refractivity contribution in [1.82, 2.24) is 5.32 Å². The largest absolute Gasteiger partial charge is 0.409 e. The van der Waals surface area contributed by atoms with Gasteiger partial charge in [-0.3, -0.25) is 0 Å². The first-order chi connectivity index (χ1) is 5.22. The second-order valence-corrected chi connectivity index (χ2v) is 3.08. The maximum Gasteiger partial charge on any atom is 0.153 e. The third-order valence-corrected chi connectivity index (χ3v) is 2.30. The average molecular weight is 157 g/mol. The molecule has 0 bridgehead atoms. The maximum absolute atomic E-state index is 8.25. The number of hydrogen-bond donors (Lipinski definition) is 3. The molecule has 0 radical (unpaired) electrons. The molecule has 4 N–H and O–H groups in total. The van der Waals surface area contributed by atoms with Gasteiger partial charge >= 0.3 is 0 Å². The molecule has 11 heavy (non-hydrogen) atoms. The molecule has 1 aliphatic rings. The van der Waals surface area contributed by atoms with E-state index in [1.807, 2.05) is 0 Å². The summed E-state index contributed by atoms with van der Waals surface area (Å²) in [6.07, 6.45) is 3.54. The van der Waals surface area contributed by atoms with E-state index in [1.54, 1.807) is 0 Å². The highest BCUT2D eigenvalue weighted by Gasteiger charge is 2.39. The van der Waals surface area contributed by atoms with Crippen LogP contribution in [0.4, 0.5) is 0 Å². The van der Waals surface area contributed by atoms with Gasteiger partial charge in [-0.05, 0) is 19.3 Å². The van der Waals surface area contributed by atoms with Crippen molar-refractivity contribution in [2.75, 3.05) is 6.54 Å². The summed E-state index contributed by atoms with van der Waals surface area (Å²) < 4.78 is 0. The molecule has 0 saturated heterocycles. The van der Waals surface area contributed by atoms with E-state index >= 15 is 0 Å². The first-order valence-corrected chi connectivity index (χ1v) is 3.94. The molecule has 0 aliphatic heterocycles. The van der Waals surface area contributed by atoms with Crippen LogP contribution in [0, 0.1) is 0 Å². The zero-order valence-corrected chi connectivity index (χ0v) is 6.80. The topological polar surface area (TPSA) is 70.6 Å². The monoisotopic (exact) mass is 157 g/mol. The Morgan fingerprint density at radius 1 is 1.73 bits per heavy atom. The van der Waals surface area contributed by atoms with Crippen LogP contribution in [0.1, 0.15) is 26.2 Å². The molecule has 64 valence electrons. The predicted octanol–water partition coefficient (Wildman–Crippen LogP) is 0.265. The summed E-state index contributed by atoms with van der Waals surface area (Å²) in [5, 5.41) is 14.4. The van der Waals surface area contributed by atoms with Crippen LogP contribution in [0.2, 0.25) is 0 Å². The standard InChI is InChI=1S/C7H15N3O/c1-2-7(3-4-7)9-5-6(8)10-11/h9,11H,2-5H2,1H3,(H2,8,10). The van der Waals surface area contributed by atoms with Crippen molar-refractivity contribution in [3.63, 3.8) is 0 Å². The first-order valence-electron chi connectivity index (χ1n) is 3.94. The summed E-state index contributed by atoms with van der Waals surface area (Å²) in [5.41, 5.74) is 5.60. The summed E-state index contributed by atoms with van der Waals surface area (Å²) >= 11 is 0. The Morgan fingerprint density at radius 3 is 2.73 bits per heavy atom. The van der Waals surface area contributed by atoms with E-state index in [1.165, 1.54) is 12.8 Å². The third-order valence-electron chi connectivity index (χ3n) is 2.30. The predicted molar refractivity (Wildman–Crippen MR) is 43.7 cm³/mol. The van der Waals surface area contributed by atoms with Crippen molar-refractivity contribution in [3.8, 4) is 0 Å². The number of nitrogens with one attached hydrogen (secondary N) is 1. The Hall–Kier alpha value is -0.770. The van der Waals surface area contributed by atoms with Crippen LogP contribution in [0.15, 0.2) is 5.16 Å². The zero-order valence-electron chi connectivity index (χ0n) is 6.80. The van der Waals surface area contributed by atoms with Crippen LogP contribution >= 0.6 is 0 Å². The molecule has 0 spiro atoms. The van der Waals surface area contributed by atoms with Crippen LogP contribution in [0.25, 0.3) is 0 Å². The number of nitrogens with two attached hydrogens (primary N) is 1. The lowest BCUT2D eigenvalue weighted by molar-refractivity contribution is 0.316. The molecule has 1 rings (SSSR count). The Morgan fingerprint density at radius 2 is 2.36 bits per heavy atom. The van der Waals surface area contributed by atoms with E-state index in [2.05, 4.69) is 17.4 Å². The minimum absolute atomic E-state index is 0.254.